The molecule has 0 amide bonds. The van der Waals surface area contributed by atoms with Gasteiger partial charge < -0.3 is 14.7 Å². The van der Waals surface area contributed by atoms with Gasteiger partial charge in [0.2, 0.25) is 0 Å². The fraction of sp³-hybridized carbons (Fsp3) is 0.600. The van der Waals surface area contributed by atoms with Crippen LogP contribution in [0.15, 0.2) is 24.3 Å². The molecule has 3 heteroatoms. The fourth-order valence-electron chi connectivity index (χ4n) is 2.64. The lowest BCUT2D eigenvalue weighted by Crippen LogP contribution is -2.41. The number of nitrogens with zero attached hydrogens (tertiary/aromatic N) is 1. The highest BCUT2D eigenvalue weighted by Crippen LogP contribution is 2.31. The number of benzene rings is 1. The normalized spacial score (nSPS) is 23.3. The summed E-state index contributed by atoms with van der Waals surface area (Å²) in [6.45, 7) is 7.76. The van der Waals surface area contributed by atoms with E-state index in [-0.39, 0.29) is 12.0 Å². The van der Waals surface area contributed by atoms with Crippen molar-refractivity contribution in [2.24, 2.45) is 5.41 Å². The van der Waals surface area contributed by atoms with Crippen LogP contribution in [0.1, 0.15) is 18.9 Å². The van der Waals surface area contributed by atoms with Gasteiger partial charge in [-0.1, -0.05) is 18.2 Å². The molecule has 1 atom stereocenters. The van der Waals surface area contributed by atoms with Gasteiger partial charge in [-0.25, -0.2) is 0 Å². The number of ether oxygens (including phenoxy) is 1. The van der Waals surface area contributed by atoms with Crippen LogP contribution in [0.4, 0.5) is 5.69 Å². The standard InChI is InChI=1S/C15H23NO2/c1-3-16(14-7-5-4-6-13(14)2)10-15(11-17)8-9-18-12-15/h4-7,17H,3,8-12H2,1-2H3. The molecule has 1 fully saturated rings. The van der Waals surface area contributed by atoms with Crippen LogP contribution >= 0.6 is 0 Å². The Hall–Kier alpha value is -1.06. The number of hydrogen-bond acceptors (Lipinski definition) is 3. The fourth-order valence-corrected chi connectivity index (χ4v) is 2.64. The zero-order valence-electron chi connectivity index (χ0n) is 11.4. The number of hydrogen-bond donors (Lipinski definition) is 1. The molecule has 1 aromatic carbocycles. The highest BCUT2D eigenvalue weighted by molar-refractivity contribution is 5.53. The molecule has 0 saturated carbocycles. The van der Waals surface area contributed by atoms with Crippen molar-refractivity contribution in [1.82, 2.24) is 0 Å². The SMILES string of the molecule is CCN(CC1(CO)CCOC1)c1ccccc1C. The maximum Gasteiger partial charge on any atom is 0.0562 e. The Morgan fingerprint density at radius 3 is 2.72 bits per heavy atom. The summed E-state index contributed by atoms with van der Waals surface area (Å²) >= 11 is 0. The van der Waals surface area contributed by atoms with Gasteiger partial charge in [-0.15, -0.1) is 0 Å². The van der Waals surface area contributed by atoms with Crippen molar-refractivity contribution in [3.63, 3.8) is 0 Å². The Morgan fingerprint density at radius 2 is 2.17 bits per heavy atom. The van der Waals surface area contributed by atoms with E-state index in [2.05, 4.69) is 43.0 Å². The number of aryl methyl sites for hydroxylation is 1. The Balaban J connectivity index is 2.17. The number of rotatable bonds is 5. The first-order valence-corrected chi connectivity index (χ1v) is 6.70. The maximum absolute atomic E-state index is 9.67. The molecule has 1 unspecified atom stereocenters. The molecule has 2 rings (SSSR count). The van der Waals surface area contributed by atoms with E-state index in [9.17, 15) is 5.11 Å². The van der Waals surface area contributed by atoms with Crippen LogP contribution in [-0.2, 0) is 4.74 Å². The Bertz CT molecular complexity index is 386. The van der Waals surface area contributed by atoms with Crippen LogP contribution < -0.4 is 4.90 Å². The summed E-state index contributed by atoms with van der Waals surface area (Å²) in [5, 5.41) is 9.67. The first-order valence-electron chi connectivity index (χ1n) is 6.70. The third kappa shape index (κ3) is 2.68. The minimum Gasteiger partial charge on any atom is -0.396 e. The summed E-state index contributed by atoms with van der Waals surface area (Å²) in [6, 6.07) is 8.42. The van der Waals surface area contributed by atoms with Gasteiger partial charge in [-0.3, -0.25) is 0 Å². The second kappa shape index (κ2) is 5.72. The van der Waals surface area contributed by atoms with E-state index < -0.39 is 0 Å². The van der Waals surface area contributed by atoms with Gasteiger partial charge in [-0.05, 0) is 31.9 Å². The van der Waals surface area contributed by atoms with Gasteiger partial charge in [0.1, 0.15) is 0 Å². The summed E-state index contributed by atoms with van der Waals surface area (Å²) < 4.78 is 5.48. The molecular weight excluding hydrogens is 226 g/mol. The molecular formula is C15H23NO2. The number of anilines is 1. The minimum atomic E-state index is -0.0850. The molecule has 1 heterocycles. The van der Waals surface area contributed by atoms with Gasteiger partial charge in [0.15, 0.2) is 0 Å². The Kier molecular flexibility index (Phi) is 4.25. The van der Waals surface area contributed by atoms with Crippen molar-refractivity contribution in [3.05, 3.63) is 29.8 Å². The molecule has 0 radical (unpaired) electrons. The van der Waals surface area contributed by atoms with E-state index in [0.29, 0.717) is 6.61 Å². The molecule has 100 valence electrons. The van der Waals surface area contributed by atoms with Crippen LogP contribution in [0, 0.1) is 12.3 Å². The van der Waals surface area contributed by atoms with Crippen molar-refractivity contribution in [1.29, 1.82) is 0 Å². The summed E-state index contributed by atoms with van der Waals surface area (Å²) in [5.41, 5.74) is 2.46. The first kappa shape index (κ1) is 13.4. The topological polar surface area (TPSA) is 32.7 Å². The molecule has 1 aliphatic heterocycles. The molecule has 1 N–H and O–H groups in total. The average molecular weight is 249 g/mol. The van der Waals surface area contributed by atoms with Gasteiger partial charge in [0.25, 0.3) is 0 Å². The van der Waals surface area contributed by atoms with Crippen molar-refractivity contribution in [3.8, 4) is 0 Å². The Morgan fingerprint density at radius 1 is 1.39 bits per heavy atom. The number of aliphatic hydroxyl groups excluding tert-OH is 1. The monoisotopic (exact) mass is 249 g/mol. The van der Waals surface area contributed by atoms with Crippen molar-refractivity contribution >= 4 is 5.69 Å². The van der Waals surface area contributed by atoms with Crippen molar-refractivity contribution in [2.75, 3.05) is 37.8 Å². The van der Waals surface area contributed by atoms with Crippen LogP contribution in [0.3, 0.4) is 0 Å². The number of para-hydroxylation sites is 1. The molecule has 0 aliphatic carbocycles. The summed E-state index contributed by atoms with van der Waals surface area (Å²) in [4.78, 5) is 2.35. The highest BCUT2D eigenvalue weighted by atomic mass is 16.5. The van der Waals surface area contributed by atoms with Crippen LogP contribution in [0.25, 0.3) is 0 Å². The quantitative estimate of drug-likeness (QED) is 0.868. The van der Waals surface area contributed by atoms with E-state index in [1.807, 2.05) is 0 Å². The molecule has 0 aromatic heterocycles. The van der Waals surface area contributed by atoms with E-state index in [0.717, 1.165) is 26.1 Å². The predicted molar refractivity (Wildman–Crippen MR) is 74.0 cm³/mol. The predicted octanol–water partition coefficient (Wildman–Crippen LogP) is 2.22. The van der Waals surface area contributed by atoms with Gasteiger partial charge >= 0.3 is 0 Å². The second-order valence-corrected chi connectivity index (χ2v) is 5.26. The lowest BCUT2D eigenvalue weighted by atomic mass is 9.87. The molecule has 18 heavy (non-hydrogen) atoms. The summed E-state index contributed by atoms with van der Waals surface area (Å²) in [7, 11) is 0. The molecule has 1 aliphatic rings. The maximum atomic E-state index is 9.67. The second-order valence-electron chi connectivity index (χ2n) is 5.26. The third-order valence-corrected chi connectivity index (χ3v) is 3.88. The number of aliphatic hydroxyl groups is 1. The van der Waals surface area contributed by atoms with Crippen LogP contribution in [-0.4, -0.2) is 38.0 Å². The summed E-state index contributed by atoms with van der Waals surface area (Å²) in [6.07, 6.45) is 0.950. The molecule has 1 saturated heterocycles. The van der Waals surface area contributed by atoms with E-state index in [1.165, 1.54) is 11.3 Å². The van der Waals surface area contributed by atoms with E-state index in [4.69, 9.17) is 4.74 Å². The minimum absolute atomic E-state index is 0.0850. The van der Waals surface area contributed by atoms with Crippen LogP contribution in [0.5, 0.6) is 0 Å². The third-order valence-electron chi connectivity index (χ3n) is 3.88. The first-order chi connectivity index (χ1) is 8.71. The van der Waals surface area contributed by atoms with Crippen molar-refractivity contribution < 1.29 is 9.84 Å². The largest absolute Gasteiger partial charge is 0.396 e. The lowest BCUT2D eigenvalue weighted by molar-refractivity contribution is 0.0979. The molecule has 1 aromatic rings. The average Bonchev–Trinajstić information content (AvgIpc) is 2.86. The summed E-state index contributed by atoms with van der Waals surface area (Å²) in [5.74, 6) is 0. The Labute approximate surface area is 109 Å². The van der Waals surface area contributed by atoms with Gasteiger partial charge in [0.05, 0.1) is 13.2 Å². The van der Waals surface area contributed by atoms with Gasteiger partial charge in [-0.2, -0.15) is 0 Å². The molecule has 0 bridgehead atoms. The van der Waals surface area contributed by atoms with Gasteiger partial charge in [0, 0.05) is 30.8 Å². The molecule has 0 spiro atoms. The zero-order chi connectivity index (χ0) is 13.0. The highest BCUT2D eigenvalue weighted by Gasteiger charge is 2.36. The van der Waals surface area contributed by atoms with Crippen molar-refractivity contribution in [2.45, 2.75) is 20.3 Å². The lowest BCUT2D eigenvalue weighted by Gasteiger charge is -2.34. The zero-order valence-corrected chi connectivity index (χ0v) is 11.4. The van der Waals surface area contributed by atoms with E-state index >= 15 is 0 Å². The van der Waals surface area contributed by atoms with Crippen LogP contribution in [0.2, 0.25) is 0 Å². The smallest absolute Gasteiger partial charge is 0.0562 e. The van der Waals surface area contributed by atoms with E-state index in [1.54, 1.807) is 0 Å². The molecule has 3 nitrogen and oxygen atoms in total.